The number of carboxylic acid groups (broad SMARTS) is 1. The summed E-state index contributed by atoms with van der Waals surface area (Å²) in [5, 5.41) is 14.3. The number of nitrogens with one attached hydrogen (secondary N) is 1. The zero-order valence-corrected chi connectivity index (χ0v) is 13.0. The predicted molar refractivity (Wildman–Crippen MR) is 81.2 cm³/mol. The maximum atomic E-state index is 12.1. The number of amides is 1. The average molecular weight is 310 g/mol. The maximum Gasteiger partial charge on any atom is 0.310 e. The van der Waals surface area contributed by atoms with E-state index in [4.69, 9.17) is 0 Å². The molecular weight excluding hydrogens is 288 g/mol. The number of carbonyl (C=O) groups excluding carboxylic acids is 1. The molecule has 1 fully saturated rings. The summed E-state index contributed by atoms with van der Waals surface area (Å²) in [6, 6.07) is 0. The Hall–Kier alpha value is -1.43. The molecule has 0 unspecified atom stereocenters. The van der Waals surface area contributed by atoms with Crippen LogP contribution in [0.15, 0.2) is 10.9 Å². The number of aliphatic carboxylic acids is 1. The summed E-state index contributed by atoms with van der Waals surface area (Å²) in [7, 11) is 0. The second kappa shape index (κ2) is 7.54. The first-order valence-electron chi connectivity index (χ1n) is 7.50. The molecule has 2 rings (SSSR count). The summed E-state index contributed by atoms with van der Waals surface area (Å²) < 4.78 is 0. The molecule has 0 aromatic carbocycles. The molecule has 6 heteroatoms. The Labute approximate surface area is 128 Å². The van der Waals surface area contributed by atoms with Crippen LogP contribution in [0.2, 0.25) is 0 Å². The monoisotopic (exact) mass is 310 g/mol. The van der Waals surface area contributed by atoms with Crippen LogP contribution in [0.25, 0.3) is 0 Å². The fraction of sp³-hybridized carbons (Fsp3) is 0.667. The van der Waals surface area contributed by atoms with Gasteiger partial charge in [-0.2, -0.15) is 0 Å². The molecule has 116 valence electrons. The molecule has 0 aliphatic heterocycles. The summed E-state index contributed by atoms with van der Waals surface area (Å²) in [5.74, 6) is -0.978. The van der Waals surface area contributed by atoms with Gasteiger partial charge in [0.25, 0.3) is 0 Å². The van der Waals surface area contributed by atoms with Crippen molar-refractivity contribution in [3.05, 3.63) is 16.6 Å². The fourth-order valence-electron chi connectivity index (χ4n) is 2.93. The van der Waals surface area contributed by atoms with Gasteiger partial charge in [0.05, 0.1) is 16.6 Å². The van der Waals surface area contributed by atoms with E-state index in [0.29, 0.717) is 25.8 Å². The van der Waals surface area contributed by atoms with Gasteiger partial charge in [-0.25, -0.2) is 4.98 Å². The van der Waals surface area contributed by atoms with Crippen molar-refractivity contribution < 1.29 is 14.7 Å². The summed E-state index contributed by atoms with van der Waals surface area (Å²) in [6.45, 7) is 0.512. The summed E-state index contributed by atoms with van der Waals surface area (Å²) in [6.07, 6.45) is 5.95. The van der Waals surface area contributed by atoms with E-state index in [-0.39, 0.29) is 12.3 Å². The maximum absolute atomic E-state index is 12.1. The van der Waals surface area contributed by atoms with Crippen LogP contribution in [0.4, 0.5) is 0 Å². The number of carboxylic acids is 1. The molecular formula is C15H22N2O3S. The van der Waals surface area contributed by atoms with E-state index in [1.54, 1.807) is 5.51 Å². The van der Waals surface area contributed by atoms with Crippen molar-refractivity contribution in [2.24, 2.45) is 5.41 Å². The second-order valence-electron chi connectivity index (χ2n) is 5.76. The Kier molecular flexibility index (Phi) is 5.73. The molecule has 1 saturated carbocycles. The molecule has 2 N–H and O–H groups in total. The number of thiazole rings is 1. The van der Waals surface area contributed by atoms with Crippen molar-refractivity contribution in [1.29, 1.82) is 0 Å². The lowest BCUT2D eigenvalue weighted by molar-refractivity contribution is -0.152. The first kappa shape index (κ1) is 15.9. The van der Waals surface area contributed by atoms with Gasteiger partial charge < -0.3 is 10.4 Å². The molecule has 0 bridgehead atoms. The van der Waals surface area contributed by atoms with Crippen LogP contribution in [0.3, 0.4) is 0 Å². The lowest BCUT2D eigenvalue weighted by Crippen LogP contribution is -2.38. The Bertz CT molecular complexity index is 465. The third-order valence-corrected chi connectivity index (χ3v) is 4.84. The largest absolute Gasteiger partial charge is 0.481 e. The molecule has 1 heterocycles. The van der Waals surface area contributed by atoms with E-state index in [9.17, 15) is 14.7 Å². The van der Waals surface area contributed by atoms with Gasteiger partial charge in [0.2, 0.25) is 5.91 Å². The van der Waals surface area contributed by atoms with E-state index in [1.165, 1.54) is 11.3 Å². The first-order chi connectivity index (χ1) is 10.1. The van der Waals surface area contributed by atoms with E-state index in [1.807, 2.05) is 5.38 Å². The molecule has 1 amide bonds. The summed E-state index contributed by atoms with van der Waals surface area (Å²) in [5.41, 5.74) is 1.87. The van der Waals surface area contributed by atoms with Crippen LogP contribution >= 0.6 is 11.3 Å². The number of hydrogen-bond donors (Lipinski definition) is 2. The lowest BCUT2D eigenvalue weighted by Gasteiger charge is -2.27. The van der Waals surface area contributed by atoms with Gasteiger partial charge in [-0.05, 0) is 12.8 Å². The molecule has 1 aromatic heterocycles. The zero-order chi connectivity index (χ0) is 15.1. The standard InChI is InChI=1S/C15H22N2O3S/c18-13(16-8-5-12-10-21-11-17-12)9-15(14(19)20)6-3-1-2-4-7-15/h10-11H,1-9H2,(H,16,18)(H,19,20). The quantitative estimate of drug-likeness (QED) is 0.792. The van der Waals surface area contributed by atoms with Crippen molar-refractivity contribution in [1.82, 2.24) is 10.3 Å². The Morgan fingerprint density at radius 2 is 2.00 bits per heavy atom. The van der Waals surface area contributed by atoms with E-state index in [2.05, 4.69) is 10.3 Å². The van der Waals surface area contributed by atoms with Crippen LogP contribution in [-0.2, 0) is 16.0 Å². The Balaban J connectivity index is 1.84. The lowest BCUT2D eigenvalue weighted by atomic mass is 9.77. The SMILES string of the molecule is O=C(CC1(C(=O)O)CCCCCC1)NCCc1cscn1. The number of aromatic nitrogens is 1. The van der Waals surface area contributed by atoms with Gasteiger partial charge in [-0.1, -0.05) is 25.7 Å². The second-order valence-corrected chi connectivity index (χ2v) is 6.47. The number of rotatable bonds is 6. The molecule has 1 aliphatic rings. The highest BCUT2D eigenvalue weighted by atomic mass is 32.1. The van der Waals surface area contributed by atoms with Crippen LogP contribution in [0.5, 0.6) is 0 Å². The van der Waals surface area contributed by atoms with Crippen molar-refractivity contribution in [3.8, 4) is 0 Å². The summed E-state index contributed by atoms with van der Waals surface area (Å²) in [4.78, 5) is 27.9. The topological polar surface area (TPSA) is 79.3 Å². The normalized spacial score (nSPS) is 17.9. The zero-order valence-electron chi connectivity index (χ0n) is 12.1. The van der Waals surface area contributed by atoms with Gasteiger partial charge >= 0.3 is 5.97 Å². The van der Waals surface area contributed by atoms with Gasteiger partial charge in [0, 0.05) is 24.8 Å². The first-order valence-corrected chi connectivity index (χ1v) is 8.44. The fourth-order valence-corrected chi connectivity index (χ4v) is 3.53. The third-order valence-electron chi connectivity index (χ3n) is 4.20. The molecule has 0 spiro atoms. The van der Waals surface area contributed by atoms with Crippen molar-refractivity contribution in [2.45, 2.75) is 51.4 Å². The van der Waals surface area contributed by atoms with Crippen molar-refractivity contribution >= 4 is 23.2 Å². The Morgan fingerprint density at radius 3 is 2.57 bits per heavy atom. The van der Waals surface area contributed by atoms with Crippen molar-refractivity contribution in [2.75, 3.05) is 6.54 Å². The van der Waals surface area contributed by atoms with E-state index < -0.39 is 11.4 Å². The van der Waals surface area contributed by atoms with Crippen LogP contribution in [-0.4, -0.2) is 28.5 Å². The minimum Gasteiger partial charge on any atom is -0.481 e. The third kappa shape index (κ3) is 4.52. The molecule has 0 saturated heterocycles. The van der Waals surface area contributed by atoms with Crippen LogP contribution < -0.4 is 5.32 Å². The highest BCUT2D eigenvalue weighted by Gasteiger charge is 2.40. The number of nitrogens with zero attached hydrogens (tertiary/aromatic N) is 1. The summed E-state index contributed by atoms with van der Waals surface area (Å²) >= 11 is 1.53. The average Bonchev–Trinajstić information content (AvgIpc) is 2.84. The minimum absolute atomic E-state index is 0.0966. The Morgan fingerprint density at radius 1 is 1.29 bits per heavy atom. The van der Waals surface area contributed by atoms with Gasteiger partial charge in [0.1, 0.15) is 0 Å². The van der Waals surface area contributed by atoms with Crippen molar-refractivity contribution in [3.63, 3.8) is 0 Å². The molecule has 1 aliphatic carbocycles. The van der Waals surface area contributed by atoms with E-state index in [0.717, 1.165) is 31.4 Å². The molecule has 5 nitrogen and oxygen atoms in total. The van der Waals surface area contributed by atoms with E-state index >= 15 is 0 Å². The van der Waals surface area contributed by atoms with Gasteiger partial charge in [0.15, 0.2) is 0 Å². The highest BCUT2D eigenvalue weighted by Crippen LogP contribution is 2.38. The smallest absolute Gasteiger partial charge is 0.310 e. The van der Waals surface area contributed by atoms with Crippen LogP contribution in [0, 0.1) is 5.41 Å². The van der Waals surface area contributed by atoms with Gasteiger partial charge in [-0.15, -0.1) is 11.3 Å². The number of carbonyl (C=O) groups is 2. The highest BCUT2D eigenvalue weighted by molar-refractivity contribution is 7.07. The number of hydrogen-bond acceptors (Lipinski definition) is 4. The molecule has 0 atom stereocenters. The molecule has 0 radical (unpaired) electrons. The molecule has 21 heavy (non-hydrogen) atoms. The van der Waals surface area contributed by atoms with Crippen LogP contribution in [0.1, 0.15) is 50.6 Å². The van der Waals surface area contributed by atoms with Gasteiger partial charge in [-0.3, -0.25) is 9.59 Å². The minimum atomic E-state index is -0.860. The predicted octanol–water partition coefficient (Wildman–Crippen LogP) is 2.62. The molecule has 1 aromatic rings.